The van der Waals surface area contributed by atoms with E-state index < -0.39 is 5.97 Å². The highest BCUT2D eigenvalue weighted by molar-refractivity contribution is 6.34. The number of carboxylic acids is 1. The molecule has 1 N–H and O–H groups in total. The molecule has 110 valence electrons. The van der Waals surface area contributed by atoms with E-state index >= 15 is 0 Å². The Morgan fingerprint density at radius 3 is 2.14 bits per heavy atom. The third kappa shape index (κ3) is 3.01. The lowest BCUT2D eigenvalue weighted by Gasteiger charge is -2.04. The lowest BCUT2D eigenvalue weighted by molar-refractivity contribution is 0.0697. The largest absolute Gasteiger partial charge is 0.478 e. The van der Waals surface area contributed by atoms with Crippen LogP contribution in [0.1, 0.15) is 10.4 Å². The van der Waals surface area contributed by atoms with Gasteiger partial charge in [0.2, 0.25) is 0 Å². The Labute approximate surface area is 137 Å². The van der Waals surface area contributed by atoms with Gasteiger partial charge in [-0.05, 0) is 47.5 Å². The van der Waals surface area contributed by atoms with Crippen molar-refractivity contribution < 1.29 is 9.90 Å². The topological polar surface area (TPSA) is 42.2 Å². The maximum Gasteiger partial charge on any atom is 0.335 e. The summed E-state index contributed by atoms with van der Waals surface area (Å²) in [5, 5.41) is 10.1. The summed E-state index contributed by atoms with van der Waals surface area (Å²) in [4.78, 5) is 10.9. The number of rotatable bonds is 3. The van der Waals surface area contributed by atoms with Gasteiger partial charge in [0.1, 0.15) is 0 Å². The molecule has 1 heterocycles. The number of halogens is 2. The van der Waals surface area contributed by atoms with Crippen LogP contribution in [0.4, 0.5) is 0 Å². The van der Waals surface area contributed by atoms with Crippen molar-refractivity contribution in [2.45, 2.75) is 0 Å². The summed E-state index contributed by atoms with van der Waals surface area (Å²) in [5.74, 6) is -0.933. The number of hydrogen-bond donors (Lipinski definition) is 1. The van der Waals surface area contributed by atoms with Gasteiger partial charge < -0.3 is 9.67 Å². The van der Waals surface area contributed by atoms with Gasteiger partial charge in [0, 0.05) is 28.1 Å². The van der Waals surface area contributed by atoms with Crippen LogP contribution in [0.5, 0.6) is 0 Å². The van der Waals surface area contributed by atoms with Crippen LogP contribution in [0.3, 0.4) is 0 Å². The van der Waals surface area contributed by atoms with Gasteiger partial charge in [-0.2, -0.15) is 0 Å². The number of hydrogen-bond acceptors (Lipinski definition) is 1. The molecule has 0 fully saturated rings. The molecule has 0 unspecified atom stereocenters. The minimum absolute atomic E-state index is 0.268. The number of carbonyl (C=O) groups is 1. The minimum Gasteiger partial charge on any atom is -0.478 e. The highest BCUT2D eigenvalue weighted by atomic mass is 35.5. The molecule has 0 aliphatic carbocycles. The van der Waals surface area contributed by atoms with Crippen LogP contribution < -0.4 is 0 Å². The minimum atomic E-state index is -0.933. The van der Waals surface area contributed by atoms with Crippen LogP contribution in [0.25, 0.3) is 16.8 Å². The van der Waals surface area contributed by atoms with Crippen molar-refractivity contribution in [3.63, 3.8) is 0 Å². The SMILES string of the molecule is O=C(O)c1ccc(-c2ccn(-c3cc(Cl)cc(Cl)c3)c2)cc1. The predicted octanol–water partition coefficient (Wildman–Crippen LogP) is 5.15. The fourth-order valence-corrected chi connectivity index (χ4v) is 2.74. The van der Waals surface area contributed by atoms with Gasteiger partial charge in [0.25, 0.3) is 0 Å². The number of benzene rings is 2. The normalized spacial score (nSPS) is 10.6. The number of aromatic nitrogens is 1. The lowest BCUT2D eigenvalue weighted by atomic mass is 10.1. The Kier molecular flexibility index (Phi) is 3.92. The van der Waals surface area contributed by atoms with E-state index in [4.69, 9.17) is 28.3 Å². The van der Waals surface area contributed by atoms with E-state index in [9.17, 15) is 4.79 Å². The summed E-state index contributed by atoms with van der Waals surface area (Å²) < 4.78 is 1.91. The van der Waals surface area contributed by atoms with Gasteiger partial charge in [-0.25, -0.2) is 4.79 Å². The molecule has 3 aromatic rings. The molecule has 3 nitrogen and oxygen atoms in total. The zero-order valence-electron chi connectivity index (χ0n) is 11.3. The summed E-state index contributed by atoms with van der Waals surface area (Å²) in [6.07, 6.45) is 3.85. The zero-order chi connectivity index (χ0) is 15.7. The smallest absolute Gasteiger partial charge is 0.335 e. The van der Waals surface area contributed by atoms with Gasteiger partial charge in [-0.3, -0.25) is 0 Å². The number of aromatic carboxylic acids is 1. The van der Waals surface area contributed by atoms with E-state index in [0.29, 0.717) is 10.0 Å². The molecular formula is C17H11Cl2NO2. The lowest BCUT2D eigenvalue weighted by Crippen LogP contribution is -1.94. The quantitative estimate of drug-likeness (QED) is 0.721. The van der Waals surface area contributed by atoms with Crippen molar-refractivity contribution in [3.8, 4) is 16.8 Å². The van der Waals surface area contributed by atoms with Crippen molar-refractivity contribution in [2.75, 3.05) is 0 Å². The monoisotopic (exact) mass is 331 g/mol. The van der Waals surface area contributed by atoms with Gasteiger partial charge in [0.05, 0.1) is 5.56 Å². The molecule has 3 rings (SSSR count). The molecule has 0 atom stereocenters. The maximum atomic E-state index is 10.9. The van der Waals surface area contributed by atoms with E-state index in [1.54, 1.807) is 30.3 Å². The summed E-state index contributed by atoms with van der Waals surface area (Å²) in [6, 6.07) is 14.0. The van der Waals surface area contributed by atoms with Crippen LogP contribution in [0.15, 0.2) is 60.9 Å². The first-order valence-corrected chi connectivity index (χ1v) is 7.27. The molecule has 0 aliphatic heterocycles. The summed E-state index contributed by atoms with van der Waals surface area (Å²) in [6.45, 7) is 0. The molecule has 0 saturated carbocycles. The molecule has 2 aromatic carbocycles. The first-order valence-electron chi connectivity index (χ1n) is 6.51. The zero-order valence-corrected chi connectivity index (χ0v) is 12.8. The van der Waals surface area contributed by atoms with Crippen LogP contribution in [0, 0.1) is 0 Å². The molecular weight excluding hydrogens is 321 g/mol. The molecule has 5 heteroatoms. The van der Waals surface area contributed by atoms with E-state index in [-0.39, 0.29) is 5.56 Å². The Morgan fingerprint density at radius 2 is 1.55 bits per heavy atom. The van der Waals surface area contributed by atoms with Crippen molar-refractivity contribution in [3.05, 3.63) is 76.5 Å². The molecule has 0 spiro atoms. The van der Waals surface area contributed by atoms with E-state index in [1.807, 2.05) is 35.2 Å². The van der Waals surface area contributed by atoms with Crippen molar-refractivity contribution >= 4 is 29.2 Å². The maximum absolute atomic E-state index is 10.9. The molecule has 0 saturated heterocycles. The second-order valence-electron chi connectivity index (χ2n) is 4.82. The number of nitrogens with zero attached hydrogens (tertiary/aromatic N) is 1. The van der Waals surface area contributed by atoms with Crippen molar-refractivity contribution in [1.82, 2.24) is 4.57 Å². The summed E-state index contributed by atoms with van der Waals surface area (Å²) in [7, 11) is 0. The van der Waals surface area contributed by atoms with Gasteiger partial charge in [0.15, 0.2) is 0 Å². The Hall–Kier alpha value is -2.23. The van der Waals surface area contributed by atoms with Gasteiger partial charge >= 0.3 is 5.97 Å². The first kappa shape index (κ1) is 14.7. The summed E-state index contributed by atoms with van der Waals surface area (Å²) >= 11 is 12.0. The second-order valence-corrected chi connectivity index (χ2v) is 5.69. The fraction of sp³-hybridized carbons (Fsp3) is 0. The number of carboxylic acid groups (broad SMARTS) is 1. The average Bonchev–Trinajstić information content (AvgIpc) is 2.96. The third-order valence-electron chi connectivity index (χ3n) is 3.30. The van der Waals surface area contributed by atoms with E-state index in [0.717, 1.165) is 16.8 Å². The highest BCUT2D eigenvalue weighted by Gasteiger charge is 2.06. The van der Waals surface area contributed by atoms with E-state index in [2.05, 4.69) is 0 Å². The molecule has 22 heavy (non-hydrogen) atoms. The molecule has 0 amide bonds. The van der Waals surface area contributed by atoms with Crippen molar-refractivity contribution in [2.24, 2.45) is 0 Å². The van der Waals surface area contributed by atoms with Gasteiger partial charge in [-0.15, -0.1) is 0 Å². The molecule has 0 bridgehead atoms. The second kappa shape index (κ2) is 5.87. The summed E-state index contributed by atoms with van der Waals surface area (Å²) in [5.41, 5.74) is 3.06. The molecule has 0 aliphatic rings. The molecule has 0 radical (unpaired) electrons. The van der Waals surface area contributed by atoms with Crippen molar-refractivity contribution in [1.29, 1.82) is 0 Å². The first-order chi connectivity index (χ1) is 10.5. The van der Waals surface area contributed by atoms with Crippen LogP contribution in [-0.4, -0.2) is 15.6 Å². The Bertz CT molecular complexity index is 818. The van der Waals surface area contributed by atoms with Crippen LogP contribution >= 0.6 is 23.2 Å². The Morgan fingerprint density at radius 1 is 0.909 bits per heavy atom. The Balaban J connectivity index is 1.94. The van der Waals surface area contributed by atoms with Crippen LogP contribution in [-0.2, 0) is 0 Å². The molecule has 1 aromatic heterocycles. The fourth-order valence-electron chi connectivity index (χ4n) is 2.22. The third-order valence-corrected chi connectivity index (χ3v) is 3.74. The predicted molar refractivity (Wildman–Crippen MR) is 88.2 cm³/mol. The standard InChI is InChI=1S/C17H11Cl2NO2/c18-14-7-15(19)9-16(8-14)20-6-5-13(10-20)11-1-3-12(4-2-11)17(21)22/h1-10H,(H,21,22). The van der Waals surface area contributed by atoms with Gasteiger partial charge in [-0.1, -0.05) is 35.3 Å². The average molecular weight is 332 g/mol. The highest BCUT2D eigenvalue weighted by Crippen LogP contribution is 2.25. The van der Waals surface area contributed by atoms with Crippen LogP contribution in [0.2, 0.25) is 10.0 Å². The van der Waals surface area contributed by atoms with E-state index in [1.165, 1.54) is 0 Å².